The minimum Gasteiger partial charge on any atom is -0.497 e. The number of anilines is 2. The SMILES string of the molecule is COc1cccc(NC2CCN(c3cc(C#N)ccc3C(C)=O)CC2)c1. The smallest absolute Gasteiger partial charge is 0.161 e. The van der Waals surface area contributed by atoms with Crippen LogP contribution in [0.2, 0.25) is 0 Å². The summed E-state index contributed by atoms with van der Waals surface area (Å²) in [4.78, 5) is 14.2. The van der Waals surface area contributed by atoms with Gasteiger partial charge in [0.15, 0.2) is 5.78 Å². The van der Waals surface area contributed by atoms with E-state index in [1.54, 1.807) is 26.2 Å². The number of nitrogens with zero attached hydrogens (tertiary/aromatic N) is 2. The van der Waals surface area contributed by atoms with E-state index in [2.05, 4.69) is 16.3 Å². The molecule has 134 valence electrons. The van der Waals surface area contributed by atoms with Crippen molar-refractivity contribution < 1.29 is 9.53 Å². The second-order valence-corrected chi connectivity index (χ2v) is 6.54. The zero-order valence-corrected chi connectivity index (χ0v) is 15.2. The Morgan fingerprint density at radius 1 is 1.23 bits per heavy atom. The largest absolute Gasteiger partial charge is 0.497 e. The predicted octanol–water partition coefficient (Wildman–Crippen LogP) is 3.85. The molecule has 2 aromatic carbocycles. The molecule has 0 unspecified atom stereocenters. The average Bonchev–Trinajstić information content (AvgIpc) is 2.68. The minimum absolute atomic E-state index is 0.0288. The highest BCUT2D eigenvalue weighted by molar-refractivity contribution is 6.00. The number of hydrogen-bond donors (Lipinski definition) is 1. The van der Waals surface area contributed by atoms with Crippen LogP contribution in [0.15, 0.2) is 42.5 Å². The highest BCUT2D eigenvalue weighted by Gasteiger charge is 2.22. The lowest BCUT2D eigenvalue weighted by molar-refractivity contribution is 0.101. The first kappa shape index (κ1) is 17.8. The summed E-state index contributed by atoms with van der Waals surface area (Å²) in [7, 11) is 1.67. The summed E-state index contributed by atoms with van der Waals surface area (Å²) >= 11 is 0. The average molecular weight is 349 g/mol. The summed E-state index contributed by atoms with van der Waals surface area (Å²) in [5.41, 5.74) is 3.19. The molecule has 1 heterocycles. The summed E-state index contributed by atoms with van der Waals surface area (Å²) < 4.78 is 5.27. The summed E-state index contributed by atoms with van der Waals surface area (Å²) in [6.45, 7) is 3.26. The van der Waals surface area contributed by atoms with Gasteiger partial charge in [0.25, 0.3) is 0 Å². The van der Waals surface area contributed by atoms with Gasteiger partial charge < -0.3 is 15.0 Å². The van der Waals surface area contributed by atoms with E-state index in [0.717, 1.165) is 43.1 Å². The molecule has 1 fully saturated rings. The van der Waals surface area contributed by atoms with Crippen LogP contribution in [0.25, 0.3) is 0 Å². The lowest BCUT2D eigenvalue weighted by Crippen LogP contribution is -2.39. The Bertz CT molecular complexity index is 833. The molecule has 3 rings (SSSR count). The molecule has 1 saturated heterocycles. The van der Waals surface area contributed by atoms with E-state index in [4.69, 9.17) is 10.00 Å². The van der Waals surface area contributed by atoms with Crippen LogP contribution in [0.3, 0.4) is 0 Å². The van der Waals surface area contributed by atoms with Gasteiger partial charge in [0, 0.05) is 42.1 Å². The van der Waals surface area contributed by atoms with Gasteiger partial charge in [-0.15, -0.1) is 0 Å². The van der Waals surface area contributed by atoms with Crippen molar-refractivity contribution in [2.75, 3.05) is 30.4 Å². The second-order valence-electron chi connectivity index (χ2n) is 6.54. The van der Waals surface area contributed by atoms with Crippen LogP contribution in [0, 0.1) is 11.3 Å². The number of methoxy groups -OCH3 is 1. The maximum absolute atomic E-state index is 11.9. The van der Waals surface area contributed by atoms with Gasteiger partial charge in [0.2, 0.25) is 0 Å². The molecule has 5 heteroatoms. The van der Waals surface area contributed by atoms with E-state index < -0.39 is 0 Å². The number of hydrogen-bond acceptors (Lipinski definition) is 5. The fourth-order valence-electron chi connectivity index (χ4n) is 3.37. The van der Waals surface area contributed by atoms with E-state index >= 15 is 0 Å². The summed E-state index contributed by atoms with van der Waals surface area (Å²) in [6, 6.07) is 15.8. The molecule has 1 aliphatic heterocycles. The number of carbonyl (C=O) groups excluding carboxylic acids is 1. The highest BCUT2D eigenvalue weighted by atomic mass is 16.5. The number of piperidine rings is 1. The zero-order chi connectivity index (χ0) is 18.5. The van der Waals surface area contributed by atoms with Crippen LogP contribution < -0.4 is 15.0 Å². The van der Waals surface area contributed by atoms with Gasteiger partial charge in [-0.05, 0) is 50.1 Å². The van der Waals surface area contributed by atoms with Gasteiger partial charge >= 0.3 is 0 Å². The molecule has 0 radical (unpaired) electrons. The maximum Gasteiger partial charge on any atom is 0.161 e. The first-order valence-corrected chi connectivity index (χ1v) is 8.81. The molecule has 0 saturated carbocycles. The number of rotatable bonds is 5. The molecule has 0 aliphatic carbocycles. The molecule has 2 aromatic rings. The summed E-state index contributed by atoms with van der Waals surface area (Å²) in [6.07, 6.45) is 1.93. The summed E-state index contributed by atoms with van der Waals surface area (Å²) in [5.74, 6) is 0.868. The van der Waals surface area contributed by atoms with Crippen molar-refractivity contribution in [3.63, 3.8) is 0 Å². The van der Waals surface area contributed by atoms with Crippen molar-refractivity contribution in [1.29, 1.82) is 5.26 Å². The third kappa shape index (κ3) is 3.97. The number of ketones is 1. The van der Waals surface area contributed by atoms with Crippen LogP contribution in [0.4, 0.5) is 11.4 Å². The van der Waals surface area contributed by atoms with Crippen molar-refractivity contribution in [1.82, 2.24) is 0 Å². The Kier molecular flexibility index (Phi) is 5.43. The van der Waals surface area contributed by atoms with Gasteiger partial charge in [0.05, 0.1) is 18.7 Å². The third-order valence-corrected chi connectivity index (χ3v) is 4.78. The van der Waals surface area contributed by atoms with Crippen molar-refractivity contribution in [2.45, 2.75) is 25.8 Å². The molecule has 1 N–H and O–H groups in total. The maximum atomic E-state index is 11.9. The van der Waals surface area contributed by atoms with E-state index in [0.29, 0.717) is 17.2 Å². The number of carbonyl (C=O) groups is 1. The van der Waals surface area contributed by atoms with Crippen LogP contribution in [-0.4, -0.2) is 32.0 Å². The first-order valence-electron chi connectivity index (χ1n) is 8.81. The summed E-state index contributed by atoms with van der Waals surface area (Å²) in [5, 5.41) is 12.7. The monoisotopic (exact) mass is 349 g/mol. The number of Topliss-reactive ketones (excluding diaryl/α,β-unsaturated/α-hetero) is 1. The Morgan fingerprint density at radius 3 is 2.65 bits per heavy atom. The quantitative estimate of drug-likeness (QED) is 0.831. The molecular weight excluding hydrogens is 326 g/mol. The molecule has 5 nitrogen and oxygen atoms in total. The van der Waals surface area contributed by atoms with E-state index in [9.17, 15) is 4.79 Å². The molecule has 0 aromatic heterocycles. The molecule has 0 spiro atoms. The topological polar surface area (TPSA) is 65.4 Å². The third-order valence-electron chi connectivity index (χ3n) is 4.78. The Hall–Kier alpha value is -3.00. The van der Waals surface area contributed by atoms with Crippen LogP contribution in [0.5, 0.6) is 5.75 Å². The Labute approximate surface area is 154 Å². The molecule has 0 atom stereocenters. The lowest BCUT2D eigenvalue weighted by atomic mass is 10.00. The van der Waals surface area contributed by atoms with Crippen molar-refractivity contribution in [3.05, 3.63) is 53.6 Å². The lowest BCUT2D eigenvalue weighted by Gasteiger charge is -2.35. The second kappa shape index (κ2) is 7.92. The Morgan fingerprint density at radius 2 is 2.00 bits per heavy atom. The normalized spacial score (nSPS) is 14.6. The fraction of sp³-hybridized carbons (Fsp3) is 0.333. The molecule has 26 heavy (non-hydrogen) atoms. The Balaban J connectivity index is 1.69. The van der Waals surface area contributed by atoms with Crippen molar-refractivity contribution in [3.8, 4) is 11.8 Å². The number of benzene rings is 2. The highest BCUT2D eigenvalue weighted by Crippen LogP contribution is 2.27. The van der Waals surface area contributed by atoms with Gasteiger partial charge in [-0.25, -0.2) is 0 Å². The van der Waals surface area contributed by atoms with Crippen molar-refractivity contribution in [2.24, 2.45) is 0 Å². The van der Waals surface area contributed by atoms with Gasteiger partial charge in [-0.3, -0.25) is 4.79 Å². The van der Waals surface area contributed by atoms with E-state index in [1.165, 1.54) is 0 Å². The standard InChI is InChI=1S/C21H23N3O2/c1-15(25)20-7-6-16(14-22)12-21(20)24-10-8-17(9-11-24)23-18-4-3-5-19(13-18)26-2/h3-7,12-13,17,23H,8-11H2,1-2H3. The first-order chi connectivity index (χ1) is 12.6. The van der Waals surface area contributed by atoms with Crippen molar-refractivity contribution >= 4 is 17.2 Å². The van der Waals surface area contributed by atoms with Gasteiger partial charge in [0.1, 0.15) is 5.75 Å². The zero-order valence-electron chi connectivity index (χ0n) is 15.2. The molecule has 0 bridgehead atoms. The molecule has 1 aliphatic rings. The fourth-order valence-corrected chi connectivity index (χ4v) is 3.37. The van der Waals surface area contributed by atoms with Crippen LogP contribution in [0.1, 0.15) is 35.7 Å². The van der Waals surface area contributed by atoms with Crippen LogP contribution in [-0.2, 0) is 0 Å². The number of ether oxygens (including phenoxy) is 1. The van der Waals surface area contributed by atoms with Gasteiger partial charge in [-0.2, -0.15) is 5.26 Å². The predicted molar refractivity (Wildman–Crippen MR) is 103 cm³/mol. The molecule has 0 amide bonds. The molecular formula is C21H23N3O2. The van der Waals surface area contributed by atoms with Gasteiger partial charge in [-0.1, -0.05) is 6.07 Å². The van der Waals surface area contributed by atoms with Crippen LogP contribution >= 0.6 is 0 Å². The minimum atomic E-state index is 0.0288. The number of nitrogens with one attached hydrogen (secondary N) is 1. The van der Waals surface area contributed by atoms with E-state index in [1.807, 2.05) is 30.3 Å². The number of nitriles is 1. The van der Waals surface area contributed by atoms with E-state index in [-0.39, 0.29) is 5.78 Å².